The van der Waals surface area contributed by atoms with E-state index in [2.05, 4.69) is 15.2 Å². The summed E-state index contributed by atoms with van der Waals surface area (Å²) < 4.78 is 60.3. The zero-order chi connectivity index (χ0) is 43.8. The fraction of sp³-hybridized carbons (Fsp3) is 0.438. The van der Waals surface area contributed by atoms with Crippen LogP contribution >= 0.6 is 0 Å². The Hall–Kier alpha value is -5.67. The first-order valence-electron chi connectivity index (χ1n) is 22.0. The van der Waals surface area contributed by atoms with Crippen molar-refractivity contribution in [1.82, 2.24) is 25.0 Å². The maximum Gasteiger partial charge on any atom is 0.251 e. The number of Topliss-reactive ketones (excluding diaryl/α,β-unsaturated/α-hetero) is 1. The number of benzene rings is 3. The number of ketones is 2. The van der Waals surface area contributed by atoms with Crippen molar-refractivity contribution in [3.63, 3.8) is 0 Å². The molecule has 6 heterocycles. The van der Waals surface area contributed by atoms with Crippen LogP contribution in [-0.2, 0) is 33.9 Å². The summed E-state index contributed by atoms with van der Waals surface area (Å²) in [6.07, 6.45) is 1.08. The fourth-order valence-electron chi connectivity index (χ4n) is 11.0. The minimum absolute atomic E-state index is 0.0263. The summed E-state index contributed by atoms with van der Waals surface area (Å²) in [5.41, 5.74) is 5.05. The molecule has 11 nitrogen and oxygen atoms in total. The van der Waals surface area contributed by atoms with Crippen molar-refractivity contribution in [3.05, 3.63) is 111 Å². The Balaban J connectivity index is 0.744. The zero-order valence-corrected chi connectivity index (χ0v) is 34.9. The van der Waals surface area contributed by atoms with Gasteiger partial charge in [-0.1, -0.05) is 18.2 Å². The van der Waals surface area contributed by atoms with E-state index < -0.39 is 42.5 Å². The van der Waals surface area contributed by atoms with Crippen LogP contribution in [0.25, 0.3) is 10.9 Å². The molecule has 0 spiro atoms. The molecule has 1 unspecified atom stereocenters. The Morgan fingerprint density at radius 1 is 0.905 bits per heavy atom. The van der Waals surface area contributed by atoms with Gasteiger partial charge in [0.2, 0.25) is 17.7 Å². The monoisotopic (exact) mass is 864 g/mol. The largest absolute Gasteiger partial charge is 0.371 e. The number of allylic oxidation sites excluding steroid dienone is 1. The molecule has 4 aromatic rings. The van der Waals surface area contributed by atoms with Crippen LogP contribution in [-0.4, -0.2) is 101 Å². The van der Waals surface area contributed by atoms with Crippen molar-refractivity contribution in [2.75, 3.05) is 44.2 Å². The molecule has 3 saturated heterocycles. The van der Waals surface area contributed by atoms with Gasteiger partial charge in [0.1, 0.15) is 11.6 Å². The van der Waals surface area contributed by atoms with Gasteiger partial charge in [-0.3, -0.25) is 34.2 Å². The van der Waals surface area contributed by atoms with E-state index in [4.69, 9.17) is 0 Å². The minimum Gasteiger partial charge on any atom is -0.371 e. The number of aromatic nitrogens is 1. The number of halogens is 4. The Bertz CT molecular complexity index is 2590. The van der Waals surface area contributed by atoms with Crippen LogP contribution in [0.15, 0.2) is 60.2 Å². The Kier molecular flexibility index (Phi) is 10.6. The molecule has 0 saturated carbocycles. The number of nitrogens with zero attached hydrogens (tertiary/aromatic N) is 4. The quantitative estimate of drug-likeness (QED) is 0.152. The molecule has 3 fully saturated rings. The fourth-order valence-corrected chi connectivity index (χ4v) is 11.0. The number of hydrogen-bond donors (Lipinski definition) is 2. The molecule has 0 bridgehead atoms. The van der Waals surface area contributed by atoms with Crippen molar-refractivity contribution in [1.29, 1.82) is 0 Å². The van der Waals surface area contributed by atoms with Crippen LogP contribution in [0.3, 0.4) is 0 Å². The third kappa shape index (κ3) is 7.56. The number of hydrogen-bond acceptors (Lipinski definition) is 8. The number of nitrogens with one attached hydrogen (secondary N) is 2. The van der Waals surface area contributed by atoms with E-state index in [0.717, 1.165) is 47.0 Å². The highest BCUT2D eigenvalue weighted by molar-refractivity contribution is 6.17. The number of fused-ring (bicyclic) bond motifs is 5. The molecule has 2 N–H and O–H groups in total. The third-order valence-electron chi connectivity index (χ3n) is 14.3. The van der Waals surface area contributed by atoms with Crippen LogP contribution in [0.5, 0.6) is 0 Å². The topological polar surface area (TPSA) is 126 Å². The summed E-state index contributed by atoms with van der Waals surface area (Å²) in [4.78, 5) is 75.4. The molecule has 0 radical (unpaired) electrons. The molecule has 10 rings (SSSR count). The molecule has 15 heteroatoms. The lowest BCUT2D eigenvalue weighted by Gasteiger charge is -2.43. The van der Waals surface area contributed by atoms with Crippen molar-refractivity contribution >= 4 is 45.9 Å². The second kappa shape index (κ2) is 16.2. The number of H-pyrrole nitrogens is 1. The standard InChI is InChI=1S/C48H48F4N6O5/c1-25-12-36-33-4-2-3-5-39(33)53-45(36)46(58(25)24-42(51)52)44-37(49)17-31(18-38(44)50)56-10-8-26(9-11-56)19-55-20-30(21-55)48(63)57-22-28-13-34-35(14-29(28)23-57)41(60)16-27(15-40(34)59)32-6-7-43(61)54-47(32)62/h2-5,13-15,17-18,25-26,30,32,42,46,53H,6-12,16,19-24H2,1H3,(H,54,61,62)/t25-,32?,46-/m1/s1. The van der Waals surface area contributed by atoms with E-state index >= 15 is 8.78 Å². The molecule has 5 aliphatic heterocycles. The van der Waals surface area contributed by atoms with Gasteiger partial charge >= 0.3 is 0 Å². The molecule has 63 heavy (non-hydrogen) atoms. The zero-order valence-electron chi connectivity index (χ0n) is 34.9. The van der Waals surface area contributed by atoms with E-state index in [-0.39, 0.29) is 71.3 Å². The molecule has 1 aliphatic carbocycles. The number of anilines is 1. The molecule has 3 amide bonds. The van der Waals surface area contributed by atoms with Crippen molar-refractivity contribution in [2.45, 2.75) is 77.0 Å². The molecule has 3 atom stereocenters. The average molecular weight is 865 g/mol. The maximum absolute atomic E-state index is 16.3. The molecular formula is C48H48F4N6O5. The van der Waals surface area contributed by atoms with Crippen LogP contribution < -0.4 is 10.2 Å². The highest BCUT2D eigenvalue weighted by atomic mass is 19.3. The van der Waals surface area contributed by atoms with Gasteiger partial charge in [-0.05, 0) is 97.2 Å². The van der Waals surface area contributed by atoms with Gasteiger partial charge in [-0.15, -0.1) is 0 Å². The van der Waals surface area contributed by atoms with Crippen LogP contribution in [0.2, 0.25) is 0 Å². The van der Waals surface area contributed by atoms with Gasteiger partial charge in [-0.25, -0.2) is 17.6 Å². The number of rotatable bonds is 8. The van der Waals surface area contributed by atoms with Crippen LogP contribution in [0, 0.1) is 29.4 Å². The first-order valence-corrected chi connectivity index (χ1v) is 22.0. The van der Waals surface area contributed by atoms with Gasteiger partial charge in [-0.2, -0.15) is 0 Å². The van der Waals surface area contributed by atoms with E-state index in [1.54, 1.807) is 17.0 Å². The van der Waals surface area contributed by atoms with Crippen LogP contribution in [0.1, 0.15) is 93.7 Å². The summed E-state index contributed by atoms with van der Waals surface area (Å²) in [6, 6.07) is 12.3. The van der Waals surface area contributed by atoms with E-state index in [9.17, 15) is 32.8 Å². The molecule has 6 aliphatic rings. The first kappa shape index (κ1) is 41.3. The normalized spacial score (nSPS) is 23.7. The highest BCUT2D eigenvalue weighted by Gasteiger charge is 2.42. The number of carbonyl (C=O) groups excluding carboxylic acids is 5. The summed E-state index contributed by atoms with van der Waals surface area (Å²) in [5, 5.41) is 3.23. The number of carbonyl (C=O) groups is 5. The molecular weight excluding hydrogens is 817 g/mol. The van der Waals surface area contributed by atoms with Crippen molar-refractivity contribution < 1.29 is 41.5 Å². The van der Waals surface area contributed by atoms with Crippen molar-refractivity contribution in [3.8, 4) is 0 Å². The minimum atomic E-state index is -2.68. The highest BCUT2D eigenvalue weighted by Crippen LogP contribution is 2.44. The van der Waals surface area contributed by atoms with E-state index in [1.165, 1.54) is 23.1 Å². The Labute approximate surface area is 361 Å². The average Bonchev–Trinajstić information content (AvgIpc) is 3.80. The molecule has 1 aromatic heterocycles. The first-order chi connectivity index (χ1) is 30.3. The number of aromatic amines is 1. The lowest BCUT2D eigenvalue weighted by Crippen LogP contribution is -2.55. The van der Waals surface area contributed by atoms with Gasteiger partial charge in [0, 0.05) is 104 Å². The number of alkyl halides is 2. The molecule has 3 aromatic carbocycles. The summed E-state index contributed by atoms with van der Waals surface area (Å²) in [7, 11) is 0. The number of imide groups is 1. The van der Waals surface area contributed by atoms with Gasteiger partial charge in [0.05, 0.1) is 24.4 Å². The molecule has 328 valence electrons. The summed E-state index contributed by atoms with van der Waals surface area (Å²) >= 11 is 0. The van der Waals surface area contributed by atoms with Gasteiger partial charge < -0.3 is 19.7 Å². The lowest BCUT2D eigenvalue weighted by atomic mass is 9.87. The smallest absolute Gasteiger partial charge is 0.251 e. The van der Waals surface area contributed by atoms with Crippen molar-refractivity contribution in [2.24, 2.45) is 17.8 Å². The maximum atomic E-state index is 16.3. The second-order valence-corrected chi connectivity index (χ2v) is 18.3. The summed E-state index contributed by atoms with van der Waals surface area (Å²) in [6.45, 7) is 5.11. The SMILES string of the molecule is C[C@@H]1Cc2c([nH]c3ccccc23)[C@@H](c2c(F)cc(N3CCC(CN4CC(C(=O)N5Cc6cc7c(cc6C5)C(=O)CC(C5CCC(=O)NC5=O)=CC7=O)C4)CC3)cc2F)N1CC(F)F. The Morgan fingerprint density at radius 2 is 1.60 bits per heavy atom. The van der Waals surface area contributed by atoms with Gasteiger partial charge in [0.15, 0.2) is 11.6 Å². The van der Waals surface area contributed by atoms with Gasteiger partial charge in [0.25, 0.3) is 6.43 Å². The number of piperidine rings is 2. The summed E-state index contributed by atoms with van der Waals surface area (Å²) in [5.74, 6) is -3.53. The number of likely N-dealkylation sites (tertiary alicyclic amines) is 1. The third-order valence-corrected chi connectivity index (χ3v) is 14.3. The van der Waals surface area contributed by atoms with E-state index in [1.807, 2.05) is 36.1 Å². The van der Waals surface area contributed by atoms with Crippen LogP contribution in [0.4, 0.5) is 23.2 Å². The predicted molar refractivity (Wildman–Crippen MR) is 225 cm³/mol. The van der Waals surface area contributed by atoms with E-state index in [0.29, 0.717) is 68.6 Å². The Morgan fingerprint density at radius 3 is 2.30 bits per heavy atom. The number of amides is 3. The second-order valence-electron chi connectivity index (χ2n) is 18.3. The predicted octanol–water partition coefficient (Wildman–Crippen LogP) is 6.49. The number of para-hydroxylation sites is 1. The lowest BCUT2D eigenvalue weighted by molar-refractivity contribution is -0.142.